The summed E-state index contributed by atoms with van der Waals surface area (Å²) in [6, 6.07) is 7.59. The van der Waals surface area contributed by atoms with E-state index in [0.29, 0.717) is 12.8 Å². The van der Waals surface area contributed by atoms with Gasteiger partial charge in [0.2, 0.25) is 5.91 Å². The lowest BCUT2D eigenvalue weighted by atomic mass is 9.69. The second-order valence-corrected chi connectivity index (χ2v) is 4.68. The zero-order valence-corrected chi connectivity index (χ0v) is 10.6. The third-order valence-electron chi connectivity index (χ3n) is 3.54. The minimum atomic E-state index is -0.813. The van der Waals surface area contributed by atoms with E-state index in [-0.39, 0.29) is 5.91 Å². The number of benzene rings is 1. The van der Waals surface area contributed by atoms with E-state index in [1.54, 1.807) is 19.2 Å². The molecule has 0 aliphatic heterocycles. The highest BCUT2D eigenvalue weighted by atomic mass is 16.5. The average molecular weight is 244 g/mol. The first-order valence-electron chi connectivity index (χ1n) is 5.99. The van der Waals surface area contributed by atoms with Gasteiger partial charge in [-0.1, -0.05) is 0 Å². The Morgan fingerprint density at radius 1 is 1.50 bits per heavy atom. The summed E-state index contributed by atoms with van der Waals surface area (Å²) in [5, 5.41) is 11.9. The Kier molecular flexibility index (Phi) is 3.24. The third kappa shape index (κ3) is 2.04. The molecule has 18 heavy (non-hydrogen) atoms. The van der Waals surface area contributed by atoms with Crippen LogP contribution in [0.2, 0.25) is 0 Å². The lowest BCUT2D eigenvalue weighted by molar-refractivity contribution is -0.126. The maximum Gasteiger partial charge on any atom is 0.244 e. The molecule has 0 radical (unpaired) electrons. The number of nitrogens with zero attached hydrogens (tertiary/aromatic N) is 1. The fourth-order valence-corrected chi connectivity index (χ4v) is 2.07. The molecule has 4 nitrogen and oxygen atoms in total. The number of anilines is 1. The number of hydrogen-bond acceptors (Lipinski definition) is 3. The molecule has 0 aromatic heterocycles. The predicted molar refractivity (Wildman–Crippen MR) is 68.3 cm³/mol. The van der Waals surface area contributed by atoms with Gasteiger partial charge in [0.25, 0.3) is 0 Å². The van der Waals surface area contributed by atoms with Crippen LogP contribution in [0.25, 0.3) is 0 Å². The number of hydrogen-bond donors (Lipinski definition) is 1. The lowest BCUT2D eigenvalue weighted by Gasteiger charge is -2.33. The molecular weight excluding hydrogens is 228 g/mol. The van der Waals surface area contributed by atoms with Crippen LogP contribution in [0, 0.1) is 23.7 Å². The number of carbonyl (C=O) groups is 1. The van der Waals surface area contributed by atoms with Crippen LogP contribution in [0.5, 0.6) is 5.75 Å². The molecule has 1 N–H and O–H groups in total. The molecule has 1 aliphatic rings. The summed E-state index contributed by atoms with van der Waals surface area (Å²) in [6.45, 7) is 1.90. The van der Waals surface area contributed by atoms with Crippen molar-refractivity contribution in [3.05, 3.63) is 23.8 Å². The zero-order valence-electron chi connectivity index (χ0n) is 10.6. The van der Waals surface area contributed by atoms with E-state index in [4.69, 9.17) is 10.00 Å². The monoisotopic (exact) mass is 244 g/mol. The first kappa shape index (κ1) is 12.4. The van der Waals surface area contributed by atoms with Crippen molar-refractivity contribution >= 4 is 11.6 Å². The molecular formula is C14H16N2O2. The third-order valence-corrected chi connectivity index (χ3v) is 3.54. The number of methoxy groups -OCH3 is 1. The number of ether oxygens (including phenoxy) is 1. The van der Waals surface area contributed by atoms with Crippen molar-refractivity contribution in [3.8, 4) is 11.8 Å². The van der Waals surface area contributed by atoms with E-state index in [0.717, 1.165) is 23.4 Å². The van der Waals surface area contributed by atoms with Crippen LogP contribution in [0.4, 0.5) is 5.69 Å². The summed E-state index contributed by atoms with van der Waals surface area (Å²) in [7, 11) is 1.60. The number of amides is 1. The van der Waals surface area contributed by atoms with Crippen molar-refractivity contribution in [2.24, 2.45) is 5.41 Å². The molecule has 0 spiro atoms. The Labute approximate surface area is 107 Å². The zero-order chi connectivity index (χ0) is 13.2. The summed E-state index contributed by atoms with van der Waals surface area (Å²) >= 11 is 0. The molecule has 94 valence electrons. The molecule has 1 amide bonds. The molecule has 0 saturated heterocycles. The molecule has 0 heterocycles. The number of carbonyl (C=O) groups excluding carboxylic acids is 1. The van der Waals surface area contributed by atoms with Crippen LogP contribution in [0.15, 0.2) is 18.2 Å². The Morgan fingerprint density at radius 2 is 2.22 bits per heavy atom. The van der Waals surface area contributed by atoms with Gasteiger partial charge in [0.15, 0.2) is 0 Å². The van der Waals surface area contributed by atoms with E-state index in [2.05, 4.69) is 11.4 Å². The van der Waals surface area contributed by atoms with Gasteiger partial charge in [0.1, 0.15) is 11.2 Å². The molecule has 1 aliphatic carbocycles. The number of rotatable bonds is 3. The van der Waals surface area contributed by atoms with E-state index in [1.807, 2.05) is 13.0 Å². The van der Waals surface area contributed by atoms with Crippen LogP contribution < -0.4 is 10.1 Å². The van der Waals surface area contributed by atoms with E-state index < -0.39 is 5.41 Å². The number of nitrogens with one attached hydrogen (secondary N) is 1. The standard InChI is InChI=1S/C14H16N2O2/c1-10-8-11(18-2)4-5-12(10)16-13(17)14(9-15)6-3-7-14/h4-5,8H,3,6-7H2,1-2H3,(H,16,17). The van der Waals surface area contributed by atoms with Crippen molar-refractivity contribution in [2.45, 2.75) is 26.2 Å². The molecule has 0 atom stereocenters. The highest BCUT2D eigenvalue weighted by molar-refractivity contribution is 5.98. The molecule has 1 aromatic rings. The topological polar surface area (TPSA) is 62.1 Å². The second-order valence-electron chi connectivity index (χ2n) is 4.68. The van der Waals surface area contributed by atoms with Gasteiger partial charge in [0.05, 0.1) is 13.2 Å². The normalized spacial score (nSPS) is 16.3. The SMILES string of the molecule is COc1ccc(NC(=O)C2(C#N)CCC2)c(C)c1. The number of aryl methyl sites for hydroxylation is 1. The summed E-state index contributed by atoms with van der Waals surface area (Å²) in [6.07, 6.45) is 2.26. The minimum absolute atomic E-state index is 0.190. The van der Waals surface area contributed by atoms with Crippen molar-refractivity contribution in [3.63, 3.8) is 0 Å². The van der Waals surface area contributed by atoms with Crippen LogP contribution in [-0.2, 0) is 4.79 Å². The van der Waals surface area contributed by atoms with Gasteiger partial charge in [-0.2, -0.15) is 5.26 Å². The largest absolute Gasteiger partial charge is 0.497 e. The van der Waals surface area contributed by atoms with Crippen LogP contribution in [-0.4, -0.2) is 13.0 Å². The van der Waals surface area contributed by atoms with Crippen molar-refractivity contribution in [1.29, 1.82) is 5.26 Å². The fourth-order valence-electron chi connectivity index (χ4n) is 2.07. The highest BCUT2D eigenvalue weighted by Crippen LogP contribution is 2.41. The first-order valence-corrected chi connectivity index (χ1v) is 5.99. The smallest absolute Gasteiger partial charge is 0.244 e. The maximum absolute atomic E-state index is 12.1. The van der Waals surface area contributed by atoms with Gasteiger partial charge in [-0.3, -0.25) is 4.79 Å². The maximum atomic E-state index is 12.1. The Hall–Kier alpha value is -2.02. The van der Waals surface area contributed by atoms with Crippen LogP contribution in [0.3, 0.4) is 0 Å². The summed E-state index contributed by atoms with van der Waals surface area (Å²) in [5.41, 5.74) is 0.851. The van der Waals surface area contributed by atoms with E-state index in [9.17, 15) is 4.79 Å². The van der Waals surface area contributed by atoms with E-state index >= 15 is 0 Å². The summed E-state index contributed by atoms with van der Waals surface area (Å²) < 4.78 is 5.11. The van der Waals surface area contributed by atoms with Gasteiger partial charge in [-0.05, 0) is 49.9 Å². The molecule has 1 saturated carbocycles. The van der Waals surface area contributed by atoms with E-state index in [1.165, 1.54) is 0 Å². The highest BCUT2D eigenvalue weighted by Gasteiger charge is 2.44. The second kappa shape index (κ2) is 4.69. The lowest BCUT2D eigenvalue weighted by Crippen LogP contribution is -2.40. The number of nitriles is 1. The molecule has 0 unspecified atom stereocenters. The summed E-state index contributed by atoms with van der Waals surface area (Å²) in [5.74, 6) is 0.564. The average Bonchev–Trinajstić information content (AvgIpc) is 2.31. The van der Waals surface area contributed by atoms with Gasteiger partial charge in [0, 0.05) is 5.69 Å². The van der Waals surface area contributed by atoms with Crippen molar-refractivity contribution in [1.82, 2.24) is 0 Å². The molecule has 4 heteroatoms. The molecule has 1 fully saturated rings. The fraction of sp³-hybridized carbons (Fsp3) is 0.429. The van der Waals surface area contributed by atoms with Gasteiger partial charge in [-0.25, -0.2) is 0 Å². The Bertz CT molecular complexity index is 513. The van der Waals surface area contributed by atoms with Crippen molar-refractivity contribution in [2.75, 3.05) is 12.4 Å². The van der Waals surface area contributed by atoms with Crippen molar-refractivity contribution < 1.29 is 9.53 Å². The van der Waals surface area contributed by atoms with Gasteiger partial charge >= 0.3 is 0 Å². The molecule has 2 rings (SSSR count). The minimum Gasteiger partial charge on any atom is -0.497 e. The van der Waals surface area contributed by atoms with Gasteiger partial charge in [-0.15, -0.1) is 0 Å². The quantitative estimate of drug-likeness (QED) is 0.889. The van der Waals surface area contributed by atoms with Gasteiger partial charge < -0.3 is 10.1 Å². The molecule has 1 aromatic carbocycles. The Morgan fingerprint density at radius 3 is 2.67 bits per heavy atom. The predicted octanol–water partition coefficient (Wildman–Crippen LogP) is 2.64. The Balaban J connectivity index is 2.15. The molecule has 0 bridgehead atoms. The first-order chi connectivity index (χ1) is 8.61. The van der Waals surface area contributed by atoms with Crippen LogP contribution in [0.1, 0.15) is 24.8 Å². The summed E-state index contributed by atoms with van der Waals surface area (Å²) in [4.78, 5) is 12.1. The van der Waals surface area contributed by atoms with Crippen LogP contribution >= 0.6 is 0 Å².